The van der Waals surface area contributed by atoms with Crippen LogP contribution in [0.4, 0.5) is 13.2 Å². The molecule has 156 valence electrons. The molecule has 1 aliphatic carbocycles. The Labute approximate surface area is 181 Å². The number of hydrogen-bond donors (Lipinski definition) is 0. The molecular formula is C22H18ClF3N2OS. The number of hydrogen-bond acceptors (Lipinski definition) is 3. The first-order valence-electron chi connectivity index (χ1n) is 9.46. The smallest absolute Gasteiger partial charge is 0.335 e. The molecule has 1 amide bonds. The predicted octanol–water partition coefficient (Wildman–Crippen LogP) is 6.22. The normalized spacial score (nSPS) is 14.0. The highest BCUT2D eigenvalue weighted by Gasteiger charge is 2.33. The van der Waals surface area contributed by atoms with Crippen molar-refractivity contribution in [1.29, 1.82) is 0 Å². The highest BCUT2D eigenvalue weighted by Crippen LogP contribution is 2.33. The Hall–Kier alpha value is -2.38. The molecule has 1 saturated carbocycles. The van der Waals surface area contributed by atoms with Gasteiger partial charge in [0, 0.05) is 23.5 Å². The van der Waals surface area contributed by atoms with Crippen molar-refractivity contribution < 1.29 is 18.0 Å². The third kappa shape index (κ3) is 4.84. The molecule has 0 N–H and O–H groups in total. The summed E-state index contributed by atoms with van der Waals surface area (Å²) in [5.41, 5.74) is 1.48. The fourth-order valence-corrected chi connectivity index (χ4v) is 4.35. The third-order valence-electron chi connectivity index (χ3n) is 4.93. The fraction of sp³-hybridized carbons (Fsp3) is 0.273. The molecule has 0 saturated heterocycles. The van der Waals surface area contributed by atoms with Crippen LogP contribution in [0.25, 0.3) is 10.6 Å². The largest absolute Gasteiger partial charge is 0.416 e. The number of amides is 1. The Morgan fingerprint density at radius 2 is 1.83 bits per heavy atom. The van der Waals surface area contributed by atoms with Crippen LogP contribution in [0.5, 0.6) is 0 Å². The van der Waals surface area contributed by atoms with Gasteiger partial charge in [0.2, 0.25) is 5.91 Å². The van der Waals surface area contributed by atoms with Crippen molar-refractivity contribution in [2.75, 3.05) is 0 Å². The van der Waals surface area contributed by atoms with E-state index in [2.05, 4.69) is 4.98 Å². The minimum Gasteiger partial charge on any atom is -0.335 e. The van der Waals surface area contributed by atoms with E-state index in [0.717, 1.165) is 35.5 Å². The Morgan fingerprint density at radius 3 is 2.47 bits per heavy atom. The van der Waals surface area contributed by atoms with Crippen LogP contribution < -0.4 is 0 Å². The highest BCUT2D eigenvalue weighted by molar-refractivity contribution is 7.13. The molecule has 3 aromatic rings. The van der Waals surface area contributed by atoms with Crippen LogP contribution in [0.3, 0.4) is 0 Å². The molecule has 0 atom stereocenters. The Kier molecular flexibility index (Phi) is 5.84. The number of nitrogens with zero attached hydrogens (tertiary/aromatic N) is 2. The summed E-state index contributed by atoms with van der Waals surface area (Å²) >= 11 is 7.65. The van der Waals surface area contributed by atoms with E-state index in [0.29, 0.717) is 22.8 Å². The first-order chi connectivity index (χ1) is 14.3. The monoisotopic (exact) mass is 450 g/mol. The number of halogens is 4. The molecule has 0 aliphatic heterocycles. The average Bonchev–Trinajstić information content (AvgIpc) is 3.45. The van der Waals surface area contributed by atoms with Crippen molar-refractivity contribution >= 4 is 28.8 Å². The van der Waals surface area contributed by atoms with Gasteiger partial charge in [-0.05, 0) is 36.6 Å². The van der Waals surface area contributed by atoms with Gasteiger partial charge >= 0.3 is 6.18 Å². The van der Waals surface area contributed by atoms with Crippen LogP contribution in [0.1, 0.15) is 29.7 Å². The third-order valence-corrected chi connectivity index (χ3v) is 6.18. The van der Waals surface area contributed by atoms with E-state index in [9.17, 15) is 18.0 Å². The Balaban J connectivity index is 1.45. The molecular weight excluding hydrogens is 433 g/mol. The summed E-state index contributed by atoms with van der Waals surface area (Å²) in [4.78, 5) is 19.2. The molecule has 2 aromatic carbocycles. The minimum atomic E-state index is -4.37. The van der Waals surface area contributed by atoms with E-state index in [-0.39, 0.29) is 18.4 Å². The van der Waals surface area contributed by atoms with E-state index >= 15 is 0 Å². The summed E-state index contributed by atoms with van der Waals surface area (Å²) in [5, 5.41) is 3.20. The van der Waals surface area contributed by atoms with Gasteiger partial charge in [0.15, 0.2) is 0 Å². The van der Waals surface area contributed by atoms with Crippen LogP contribution in [0.2, 0.25) is 5.02 Å². The molecule has 3 nitrogen and oxygen atoms in total. The van der Waals surface area contributed by atoms with Gasteiger partial charge < -0.3 is 4.90 Å². The molecule has 30 heavy (non-hydrogen) atoms. The second kappa shape index (κ2) is 8.40. The van der Waals surface area contributed by atoms with E-state index in [1.165, 1.54) is 23.5 Å². The first kappa shape index (κ1) is 20.9. The lowest BCUT2D eigenvalue weighted by molar-refractivity contribution is -0.137. The van der Waals surface area contributed by atoms with Crippen molar-refractivity contribution in [3.8, 4) is 10.6 Å². The summed E-state index contributed by atoms with van der Waals surface area (Å²) in [6.07, 6.45) is -2.39. The molecule has 1 heterocycles. The SMILES string of the molecule is O=C(Cc1csc(-c2ccccc2Cl)n1)N(Cc1ccc(C(F)(F)F)cc1)C1CC1. The molecule has 1 aliphatic rings. The topological polar surface area (TPSA) is 33.2 Å². The van der Waals surface area contributed by atoms with E-state index < -0.39 is 11.7 Å². The number of benzene rings is 2. The minimum absolute atomic E-state index is 0.0755. The maximum Gasteiger partial charge on any atom is 0.416 e. The number of carbonyl (C=O) groups excluding carboxylic acids is 1. The van der Waals surface area contributed by atoms with Crippen molar-refractivity contribution in [3.05, 3.63) is 75.8 Å². The highest BCUT2D eigenvalue weighted by atomic mass is 35.5. The summed E-state index contributed by atoms with van der Waals surface area (Å²) in [7, 11) is 0. The van der Waals surface area contributed by atoms with Crippen LogP contribution in [-0.4, -0.2) is 21.8 Å². The lowest BCUT2D eigenvalue weighted by Crippen LogP contribution is -2.33. The lowest BCUT2D eigenvalue weighted by Gasteiger charge is -2.22. The van der Waals surface area contributed by atoms with Crippen molar-refractivity contribution in [2.24, 2.45) is 0 Å². The zero-order chi connectivity index (χ0) is 21.3. The Bertz CT molecular complexity index is 1050. The zero-order valence-electron chi connectivity index (χ0n) is 15.8. The zero-order valence-corrected chi connectivity index (χ0v) is 17.4. The maximum absolute atomic E-state index is 12.9. The molecule has 0 bridgehead atoms. The van der Waals surface area contributed by atoms with E-state index in [1.807, 2.05) is 23.6 Å². The number of alkyl halides is 3. The Morgan fingerprint density at radius 1 is 1.13 bits per heavy atom. The van der Waals surface area contributed by atoms with Gasteiger partial charge in [-0.15, -0.1) is 11.3 Å². The molecule has 1 aromatic heterocycles. The maximum atomic E-state index is 12.9. The molecule has 0 unspecified atom stereocenters. The molecule has 0 spiro atoms. The summed E-state index contributed by atoms with van der Waals surface area (Å²) < 4.78 is 38.3. The van der Waals surface area contributed by atoms with Gasteiger partial charge in [-0.1, -0.05) is 41.9 Å². The van der Waals surface area contributed by atoms with Gasteiger partial charge in [0.05, 0.1) is 22.7 Å². The number of carbonyl (C=O) groups is 1. The van der Waals surface area contributed by atoms with E-state index in [1.54, 1.807) is 11.0 Å². The first-order valence-corrected chi connectivity index (χ1v) is 10.7. The predicted molar refractivity (Wildman–Crippen MR) is 111 cm³/mol. The summed E-state index contributed by atoms with van der Waals surface area (Å²) in [6.45, 7) is 0.295. The number of rotatable bonds is 6. The van der Waals surface area contributed by atoms with Crippen LogP contribution in [-0.2, 0) is 23.9 Å². The van der Waals surface area contributed by atoms with Crippen LogP contribution in [0.15, 0.2) is 53.9 Å². The van der Waals surface area contributed by atoms with Gasteiger partial charge in [-0.25, -0.2) is 4.98 Å². The molecule has 1 fully saturated rings. The van der Waals surface area contributed by atoms with Gasteiger partial charge in [-0.3, -0.25) is 4.79 Å². The lowest BCUT2D eigenvalue weighted by atomic mass is 10.1. The van der Waals surface area contributed by atoms with Crippen molar-refractivity contribution in [1.82, 2.24) is 9.88 Å². The summed E-state index contributed by atoms with van der Waals surface area (Å²) in [5.74, 6) is -0.0755. The summed E-state index contributed by atoms with van der Waals surface area (Å²) in [6, 6.07) is 12.5. The van der Waals surface area contributed by atoms with Gasteiger partial charge in [0.25, 0.3) is 0 Å². The van der Waals surface area contributed by atoms with Crippen LogP contribution in [0, 0.1) is 0 Å². The standard InChI is InChI=1S/C22H18ClF3N2OS/c23-19-4-2-1-3-18(19)21-27-16(13-30-21)11-20(29)28(17-9-10-17)12-14-5-7-15(8-6-14)22(24,25)26/h1-8,13,17H,9-12H2. The van der Waals surface area contributed by atoms with Crippen LogP contribution >= 0.6 is 22.9 Å². The van der Waals surface area contributed by atoms with Crippen molar-refractivity contribution in [3.63, 3.8) is 0 Å². The average molecular weight is 451 g/mol. The molecule has 4 rings (SSSR count). The fourth-order valence-electron chi connectivity index (χ4n) is 3.21. The van der Waals surface area contributed by atoms with Gasteiger partial charge in [0.1, 0.15) is 5.01 Å². The number of thiazole rings is 1. The molecule has 0 radical (unpaired) electrons. The van der Waals surface area contributed by atoms with Gasteiger partial charge in [-0.2, -0.15) is 13.2 Å². The van der Waals surface area contributed by atoms with Crippen molar-refractivity contribution in [2.45, 2.75) is 38.0 Å². The van der Waals surface area contributed by atoms with E-state index in [4.69, 9.17) is 11.6 Å². The second-order valence-corrected chi connectivity index (χ2v) is 8.51. The molecule has 8 heteroatoms. The quantitative estimate of drug-likeness (QED) is 0.447. The number of aromatic nitrogens is 1. The second-order valence-electron chi connectivity index (χ2n) is 7.25.